The Balaban J connectivity index is 2.31. The van der Waals surface area contributed by atoms with E-state index >= 15 is 0 Å². The van der Waals surface area contributed by atoms with E-state index in [1.54, 1.807) is 32.4 Å². The lowest BCUT2D eigenvalue weighted by atomic mass is 10.2. The Morgan fingerprint density at radius 2 is 2.00 bits per heavy atom. The van der Waals surface area contributed by atoms with Crippen molar-refractivity contribution in [2.24, 2.45) is 0 Å². The number of amides is 3. The van der Waals surface area contributed by atoms with Gasteiger partial charge in [0.1, 0.15) is 6.04 Å². The van der Waals surface area contributed by atoms with Gasteiger partial charge in [-0.2, -0.15) is 0 Å². The molecule has 118 valence electrons. The summed E-state index contributed by atoms with van der Waals surface area (Å²) in [7, 11) is 3.32. The molecule has 1 atom stereocenters. The van der Waals surface area contributed by atoms with Gasteiger partial charge < -0.3 is 15.5 Å². The molecule has 0 saturated carbocycles. The second kappa shape index (κ2) is 7.97. The zero-order chi connectivity index (χ0) is 16.0. The molecule has 1 heterocycles. The van der Waals surface area contributed by atoms with E-state index in [1.807, 2.05) is 5.38 Å². The molecule has 7 heteroatoms. The highest BCUT2D eigenvalue weighted by Gasteiger charge is 2.16. The van der Waals surface area contributed by atoms with Gasteiger partial charge in [0.25, 0.3) is 0 Å². The smallest absolute Gasteiger partial charge is 0.315 e. The van der Waals surface area contributed by atoms with E-state index in [-0.39, 0.29) is 11.9 Å². The van der Waals surface area contributed by atoms with Crippen LogP contribution in [-0.4, -0.2) is 48.5 Å². The van der Waals surface area contributed by atoms with Crippen LogP contribution in [0.2, 0.25) is 0 Å². The molecule has 0 unspecified atom stereocenters. The Kier molecular flexibility index (Phi) is 6.61. The van der Waals surface area contributed by atoms with Crippen molar-refractivity contribution in [3.63, 3.8) is 0 Å². The number of carbonyl (C=O) groups is 2. The fourth-order valence-electron chi connectivity index (χ4n) is 1.70. The van der Waals surface area contributed by atoms with Crippen LogP contribution in [0, 0.1) is 0 Å². The fourth-order valence-corrected chi connectivity index (χ4v) is 2.57. The summed E-state index contributed by atoms with van der Waals surface area (Å²) in [4.78, 5) is 29.2. The molecule has 0 aromatic carbocycles. The lowest BCUT2D eigenvalue weighted by Gasteiger charge is -2.18. The van der Waals surface area contributed by atoms with Crippen molar-refractivity contribution < 1.29 is 9.59 Å². The Labute approximate surface area is 129 Å². The number of carbonyl (C=O) groups excluding carboxylic acids is 2. The average Bonchev–Trinajstić information content (AvgIpc) is 2.86. The van der Waals surface area contributed by atoms with Crippen molar-refractivity contribution >= 4 is 23.3 Å². The number of aromatic nitrogens is 1. The largest absolute Gasteiger partial charge is 0.347 e. The number of rotatable bonds is 6. The molecule has 0 aliphatic rings. The van der Waals surface area contributed by atoms with Crippen molar-refractivity contribution in [2.45, 2.75) is 39.2 Å². The molecule has 0 fully saturated rings. The zero-order valence-electron chi connectivity index (χ0n) is 13.3. The lowest BCUT2D eigenvalue weighted by molar-refractivity contribution is -0.130. The van der Waals surface area contributed by atoms with Crippen molar-refractivity contribution in [2.75, 3.05) is 20.6 Å². The van der Waals surface area contributed by atoms with Gasteiger partial charge in [-0.05, 0) is 6.92 Å². The van der Waals surface area contributed by atoms with Crippen molar-refractivity contribution in [3.8, 4) is 0 Å². The Hall–Kier alpha value is -1.63. The SMILES string of the molecule is CC(C)c1nc(CCNC(=O)N[C@H](C)C(=O)N(C)C)cs1. The van der Waals surface area contributed by atoms with E-state index in [9.17, 15) is 9.59 Å². The molecule has 1 aromatic rings. The van der Waals surface area contributed by atoms with E-state index in [4.69, 9.17) is 0 Å². The molecule has 0 radical (unpaired) electrons. The van der Waals surface area contributed by atoms with Crippen LogP contribution in [0.25, 0.3) is 0 Å². The highest BCUT2D eigenvalue weighted by Crippen LogP contribution is 2.19. The molecule has 0 aliphatic heterocycles. The first-order valence-electron chi connectivity index (χ1n) is 7.01. The summed E-state index contributed by atoms with van der Waals surface area (Å²) in [6.45, 7) is 6.38. The Bertz CT molecular complexity index is 485. The molecule has 21 heavy (non-hydrogen) atoms. The molecule has 0 saturated heterocycles. The van der Waals surface area contributed by atoms with Crippen LogP contribution in [0.5, 0.6) is 0 Å². The summed E-state index contributed by atoms with van der Waals surface area (Å²) in [5.74, 6) is 0.295. The van der Waals surface area contributed by atoms with Gasteiger partial charge in [0.15, 0.2) is 0 Å². The van der Waals surface area contributed by atoms with Gasteiger partial charge in [0.2, 0.25) is 5.91 Å². The number of hydrogen-bond acceptors (Lipinski definition) is 4. The Morgan fingerprint density at radius 1 is 1.33 bits per heavy atom. The summed E-state index contributed by atoms with van der Waals surface area (Å²) in [6, 6.07) is -0.871. The second-order valence-corrected chi connectivity index (χ2v) is 6.33. The van der Waals surface area contributed by atoms with E-state index in [0.717, 1.165) is 10.7 Å². The van der Waals surface area contributed by atoms with Crippen molar-refractivity contribution in [1.82, 2.24) is 20.5 Å². The third-order valence-electron chi connectivity index (χ3n) is 2.89. The van der Waals surface area contributed by atoms with Crippen LogP contribution in [0.1, 0.15) is 37.4 Å². The predicted molar refractivity (Wildman–Crippen MR) is 84.6 cm³/mol. The number of likely N-dealkylation sites (N-methyl/N-ethyl adjacent to an activating group) is 1. The van der Waals surface area contributed by atoms with Gasteiger partial charge >= 0.3 is 6.03 Å². The first kappa shape index (κ1) is 17.4. The van der Waals surface area contributed by atoms with E-state index in [0.29, 0.717) is 18.9 Å². The monoisotopic (exact) mass is 312 g/mol. The fraction of sp³-hybridized carbons (Fsp3) is 0.643. The molecule has 6 nitrogen and oxygen atoms in total. The summed E-state index contributed by atoms with van der Waals surface area (Å²) >= 11 is 1.64. The number of urea groups is 1. The molecular formula is C14H24N4O2S. The molecule has 0 spiro atoms. The second-order valence-electron chi connectivity index (χ2n) is 5.44. The molecule has 1 rings (SSSR count). The minimum atomic E-state index is -0.535. The highest BCUT2D eigenvalue weighted by molar-refractivity contribution is 7.09. The minimum absolute atomic E-state index is 0.133. The maximum Gasteiger partial charge on any atom is 0.315 e. The number of thiazole rings is 1. The van der Waals surface area contributed by atoms with Gasteiger partial charge in [0, 0.05) is 38.4 Å². The van der Waals surface area contributed by atoms with Crippen LogP contribution >= 0.6 is 11.3 Å². The third kappa shape index (κ3) is 5.71. The summed E-state index contributed by atoms with van der Waals surface area (Å²) in [5.41, 5.74) is 0.987. The maximum absolute atomic E-state index is 11.7. The molecule has 1 aromatic heterocycles. The first-order valence-corrected chi connectivity index (χ1v) is 7.89. The van der Waals surface area contributed by atoms with Gasteiger partial charge in [-0.25, -0.2) is 9.78 Å². The quantitative estimate of drug-likeness (QED) is 0.837. The van der Waals surface area contributed by atoms with Crippen molar-refractivity contribution in [1.29, 1.82) is 0 Å². The van der Waals surface area contributed by atoms with Gasteiger partial charge in [-0.1, -0.05) is 13.8 Å². The molecule has 2 N–H and O–H groups in total. The van der Waals surface area contributed by atoms with Crippen LogP contribution in [0.3, 0.4) is 0 Å². The zero-order valence-corrected chi connectivity index (χ0v) is 14.1. The predicted octanol–water partition coefficient (Wildman–Crippen LogP) is 1.58. The van der Waals surface area contributed by atoms with Crippen molar-refractivity contribution in [3.05, 3.63) is 16.1 Å². The highest BCUT2D eigenvalue weighted by atomic mass is 32.1. The lowest BCUT2D eigenvalue weighted by Crippen LogP contribution is -2.48. The van der Waals surface area contributed by atoms with E-state index in [2.05, 4.69) is 29.5 Å². The van der Waals surface area contributed by atoms with Gasteiger partial charge in [-0.3, -0.25) is 4.79 Å². The Morgan fingerprint density at radius 3 is 2.52 bits per heavy atom. The van der Waals surface area contributed by atoms with Gasteiger partial charge in [0.05, 0.1) is 10.7 Å². The van der Waals surface area contributed by atoms with Crippen LogP contribution in [0.15, 0.2) is 5.38 Å². The van der Waals surface area contributed by atoms with E-state index < -0.39 is 6.04 Å². The third-order valence-corrected chi connectivity index (χ3v) is 4.08. The normalized spacial score (nSPS) is 12.1. The maximum atomic E-state index is 11.7. The summed E-state index contributed by atoms with van der Waals surface area (Å²) in [6.07, 6.45) is 0.687. The van der Waals surface area contributed by atoms with Crippen LogP contribution in [0.4, 0.5) is 4.79 Å². The van der Waals surface area contributed by atoms with E-state index in [1.165, 1.54) is 4.90 Å². The number of hydrogen-bond donors (Lipinski definition) is 2. The molecule has 3 amide bonds. The molecular weight excluding hydrogens is 288 g/mol. The summed E-state index contributed by atoms with van der Waals surface area (Å²) in [5, 5.41) is 8.48. The van der Waals surface area contributed by atoms with Gasteiger partial charge in [-0.15, -0.1) is 11.3 Å². The molecule has 0 bridgehead atoms. The minimum Gasteiger partial charge on any atom is -0.347 e. The van der Waals surface area contributed by atoms with Crippen LogP contribution in [-0.2, 0) is 11.2 Å². The topological polar surface area (TPSA) is 74.3 Å². The average molecular weight is 312 g/mol. The number of nitrogens with zero attached hydrogens (tertiary/aromatic N) is 2. The standard InChI is InChI=1S/C14H24N4O2S/c1-9(2)12-17-11(8-21-12)6-7-15-14(20)16-10(3)13(19)18(4)5/h8-10H,6-7H2,1-5H3,(H2,15,16,20)/t10-/m1/s1. The van der Waals surface area contributed by atoms with Crippen LogP contribution < -0.4 is 10.6 Å². The number of nitrogens with one attached hydrogen (secondary N) is 2. The summed E-state index contributed by atoms with van der Waals surface area (Å²) < 4.78 is 0. The first-order chi connectivity index (χ1) is 9.81. The molecule has 0 aliphatic carbocycles.